The number of nitrogens with two attached hydrogens (primary N) is 1. The third kappa shape index (κ3) is 3.61. The van der Waals surface area contributed by atoms with Crippen molar-refractivity contribution < 1.29 is 13.9 Å². The molecule has 0 radical (unpaired) electrons. The quantitative estimate of drug-likeness (QED) is 0.673. The number of rotatable bonds is 4. The van der Waals surface area contributed by atoms with Crippen molar-refractivity contribution >= 4 is 17.4 Å². The molecule has 158 valence electrons. The lowest BCUT2D eigenvalue weighted by atomic mass is 9.93. The van der Waals surface area contributed by atoms with Gasteiger partial charge in [-0.3, -0.25) is 4.79 Å². The number of benzene rings is 2. The lowest BCUT2D eigenvalue weighted by molar-refractivity contribution is -0.119. The number of carbonyl (C=O) groups is 1. The highest BCUT2D eigenvalue weighted by molar-refractivity contribution is 6.08. The van der Waals surface area contributed by atoms with Gasteiger partial charge in [-0.15, -0.1) is 0 Å². The van der Waals surface area contributed by atoms with Crippen molar-refractivity contribution in [3.05, 3.63) is 77.7 Å². The maximum absolute atomic E-state index is 13.6. The second-order valence-corrected chi connectivity index (χ2v) is 7.90. The van der Waals surface area contributed by atoms with Gasteiger partial charge in [0.15, 0.2) is 0 Å². The number of fused-ring (bicyclic) bond motifs is 1. The number of hydrogen-bond donors (Lipinski definition) is 2. The molecule has 1 unspecified atom stereocenters. The molecule has 1 amide bonds. The van der Waals surface area contributed by atoms with E-state index >= 15 is 0 Å². The molecular weight excluding hydrogens is 395 g/mol. The molecule has 1 fully saturated rings. The van der Waals surface area contributed by atoms with E-state index in [0.717, 1.165) is 42.7 Å². The summed E-state index contributed by atoms with van der Waals surface area (Å²) >= 11 is 0. The molecule has 0 bridgehead atoms. The van der Waals surface area contributed by atoms with Gasteiger partial charge in [0.1, 0.15) is 23.1 Å². The van der Waals surface area contributed by atoms with Crippen LogP contribution in [-0.4, -0.2) is 30.0 Å². The van der Waals surface area contributed by atoms with E-state index in [1.807, 2.05) is 35.2 Å². The van der Waals surface area contributed by atoms with Crippen LogP contribution in [0.4, 0.5) is 15.9 Å². The van der Waals surface area contributed by atoms with Gasteiger partial charge < -0.3 is 20.7 Å². The number of ether oxygens (including phenoxy) is 1. The van der Waals surface area contributed by atoms with Gasteiger partial charge in [0.05, 0.1) is 11.6 Å². The zero-order chi connectivity index (χ0) is 21.4. The second-order valence-electron chi connectivity index (χ2n) is 7.90. The van der Waals surface area contributed by atoms with Crippen LogP contribution in [0.1, 0.15) is 29.9 Å². The number of amides is 1. The Balaban J connectivity index is 1.45. The predicted octanol–water partition coefficient (Wildman–Crippen LogP) is 3.83. The minimum atomic E-state index is -0.495. The van der Waals surface area contributed by atoms with Crippen LogP contribution < -0.4 is 20.7 Å². The summed E-state index contributed by atoms with van der Waals surface area (Å²) in [4.78, 5) is 19.7. The Labute approximate surface area is 179 Å². The van der Waals surface area contributed by atoms with Crippen molar-refractivity contribution in [3.8, 4) is 11.5 Å². The van der Waals surface area contributed by atoms with Crippen molar-refractivity contribution in [1.29, 1.82) is 0 Å². The maximum atomic E-state index is 13.6. The number of pyridine rings is 1. The van der Waals surface area contributed by atoms with E-state index in [1.165, 1.54) is 12.1 Å². The molecule has 5 rings (SSSR count). The molecule has 3 N–H and O–H groups in total. The van der Waals surface area contributed by atoms with Gasteiger partial charge in [-0.2, -0.15) is 0 Å². The summed E-state index contributed by atoms with van der Waals surface area (Å²) in [5.74, 6) is 0.745. The summed E-state index contributed by atoms with van der Waals surface area (Å²) in [6.45, 7) is 1.74. The van der Waals surface area contributed by atoms with Crippen LogP contribution >= 0.6 is 0 Å². The first-order valence-corrected chi connectivity index (χ1v) is 10.4. The largest absolute Gasteiger partial charge is 0.457 e. The zero-order valence-electron chi connectivity index (χ0n) is 16.9. The summed E-state index contributed by atoms with van der Waals surface area (Å²) in [6, 6.07) is 15.2. The lowest BCUT2D eigenvalue weighted by Gasteiger charge is -2.32. The first-order chi connectivity index (χ1) is 15.1. The van der Waals surface area contributed by atoms with Crippen molar-refractivity contribution in [2.45, 2.75) is 24.8 Å². The molecule has 0 aliphatic carbocycles. The summed E-state index contributed by atoms with van der Waals surface area (Å²) in [7, 11) is 0. The Bertz CT molecular complexity index is 1100. The molecule has 31 heavy (non-hydrogen) atoms. The molecule has 2 atom stereocenters. The SMILES string of the molecule is Nc1nccc2c1C(c1ccc(Oc3ccc(F)cc3)cc1)C(=O)N2[C@@H]1CCCNC1. The molecule has 1 aromatic heterocycles. The van der Waals surface area contributed by atoms with E-state index in [2.05, 4.69) is 10.3 Å². The van der Waals surface area contributed by atoms with Crippen LogP contribution in [0.5, 0.6) is 11.5 Å². The first-order valence-electron chi connectivity index (χ1n) is 10.4. The van der Waals surface area contributed by atoms with Crippen LogP contribution in [0.2, 0.25) is 0 Å². The highest BCUT2D eigenvalue weighted by Gasteiger charge is 2.43. The molecule has 3 aromatic rings. The van der Waals surface area contributed by atoms with Gasteiger partial charge in [-0.1, -0.05) is 12.1 Å². The molecule has 2 aromatic carbocycles. The number of hydrogen-bond acceptors (Lipinski definition) is 5. The van der Waals surface area contributed by atoms with E-state index in [9.17, 15) is 9.18 Å². The normalized spacial score (nSPS) is 20.5. The third-order valence-corrected chi connectivity index (χ3v) is 5.93. The molecule has 2 aliphatic rings. The molecule has 1 saturated heterocycles. The monoisotopic (exact) mass is 418 g/mol. The number of aromatic nitrogens is 1. The fourth-order valence-electron chi connectivity index (χ4n) is 4.47. The predicted molar refractivity (Wildman–Crippen MR) is 117 cm³/mol. The number of anilines is 2. The number of nitrogens with one attached hydrogen (secondary N) is 1. The minimum absolute atomic E-state index is 0.0237. The van der Waals surface area contributed by atoms with Gasteiger partial charge in [0.2, 0.25) is 5.91 Å². The zero-order valence-corrected chi connectivity index (χ0v) is 16.9. The number of nitrogen functional groups attached to an aromatic ring is 1. The molecule has 2 aliphatic heterocycles. The number of nitrogens with zero attached hydrogens (tertiary/aromatic N) is 2. The highest BCUT2D eigenvalue weighted by Crippen LogP contribution is 2.45. The Hall–Kier alpha value is -3.45. The smallest absolute Gasteiger partial charge is 0.239 e. The molecule has 7 heteroatoms. The third-order valence-electron chi connectivity index (χ3n) is 5.93. The first kappa shape index (κ1) is 19.5. The topological polar surface area (TPSA) is 80.5 Å². The van der Waals surface area contributed by atoms with Gasteiger partial charge in [0, 0.05) is 24.3 Å². The van der Waals surface area contributed by atoms with Gasteiger partial charge >= 0.3 is 0 Å². The van der Waals surface area contributed by atoms with Crippen molar-refractivity contribution in [2.75, 3.05) is 23.7 Å². The van der Waals surface area contributed by atoms with Crippen LogP contribution in [0, 0.1) is 5.82 Å². The fourth-order valence-corrected chi connectivity index (χ4v) is 4.47. The Morgan fingerprint density at radius 3 is 2.45 bits per heavy atom. The fraction of sp³-hybridized carbons (Fsp3) is 0.250. The Kier molecular flexibility index (Phi) is 5.03. The van der Waals surface area contributed by atoms with Gasteiger partial charge in [-0.05, 0) is 67.4 Å². The molecule has 6 nitrogen and oxygen atoms in total. The summed E-state index contributed by atoms with van der Waals surface area (Å²) in [6.07, 6.45) is 3.65. The summed E-state index contributed by atoms with van der Waals surface area (Å²) in [5.41, 5.74) is 8.69. The highest BCUT2D eigenvalue weighted by atomic mass is 19.1. The Morgan fingerprint density at radius 2 is 1.77 bits per heavy atom. The average Bonchev–Trinajstić information content (AvgIpc) is 3.09. The summed E-state index contributed by atoms with van der Waals surface area (Å²) < 4.78 is 18.9. The maximum Gasteiger partial charge on any atom is 0.239 e. The van der Waals surface area contributed by atoms with Crippen LogP contribution in [0.25, 0.3) is 0 Å². The molecule has 0 saturated carbocycles. The number of piperidine rings is 1. The van der Waals surface area contributed by atoms with E-state index < -0.39 is 5.92 Å². The van der Waals surface area contributed by atoms with Crippen LogP contribution in [0.15, 0.2) is 60.8 Å². The molecule has 0 spiro atoms. The number of carbonyl (C=O) groups excluding carboxylic acids is 1. The van der Waals surface area contributed by atoms with Gasteiger partial charge in [0.25, 0.3) is 0 Å². The number of halogens is 1. The van der Waals surface area contributed by atoms with Crippen molar-refractivity contribution in [2.24, 2.45) is 0 Å². The average molecular weight is 418 g/mol. The lowest BCUT2D eigenvalue weighted by Crippen LogP contribution is -2.48. The standard InChI is InChI=1S/C24H23FN4O2/c25-16-5-9-19(10-6-16)31-18-7-3-15(4-8-18)21-22-20(11-13-28-23(22)26)29(24(21)30)17-2-1-12-27-14-17/h3-11,13,17,21,27H,1-2,12,14H2,(H2,26,28)/t17-,21?/m1/s1. The molecular formula is C24H23FN4O2. The van der Waals surface area contributed by atoms with Crippen molar-refractivity contribution in [3.63, 3.8) is 0 Å². The van der Waals surface area contributed by atoms with E-state index in [4.69, 9.17) is 10.5 Å². The minimum Gasteiger partial charge on any atom is -0.457 e. The van der Waals surface area contributed by atoms with E-state index in [1.54, 1.807) is 18.3 Å². The van der Waals surface area contributed by atoms with E-state index in [-0.39, 0.29) is 17.8 Å². The van der Waals surface area contributed by atoms with Crippen LogP contribution in [0.3, 0.4) is 0 Å². The van der Waals surface area contributed by atoms with Crippen LogP contribution in [-0.2, 0) is 4.79 Å². The summed E-state index contributed by atoms with van der Waals surface area (Å²) in [5, 5.41) is 3.39. The second kappa shape index (κ2) is 8.00. The van der Waals surface area contributed by atoms with Crippen molar-refractivity contribution in [1.82, 2.24) is 10.3 Å². The molecule has 3 heterocycles. The van der Waals surface area contributed by atoms with Gasteiger partial charge in [-0.25, -0.2) is 9.37 Å². The Morgan fingerprint density at radius 1 is 1.06 bits per heavy atom. The van der Waals surface area contributed by atoms with E-state index in [0.29, 0.717) is 17.3 Å².